The molecule has 106 valence electrons. The smallest absolute Gasteiger partial charge is 0.330 e. The van der Waals surface area contributed by atoms with E-state index in [4.69, 9.17) is 16.3 Å². The number of aromatic amines is 1. The highest BCUT2D eigenvalue weighted by molar-refractivity contribution is 6.21. The largest absolute Gasteiger partial charge is 0.393 e. The first-order chi connectivity index (χ1) is 9.01. The van der Waals surface area contributed by atoms with Gasteiger partial charge in [0.1, 0.15) is 0 Å². The fraction of sp³-hybridized carbons (Fsp3) is 0.667. The van der Waals surface area contributed by atoms with E-state index in [1.807, 2.05) is 6.92 Å². The Bertz CT molecular complexity index is 555. The third-order valence-corrected chi connectivity index (χ3v) is 3.74. The van der Waals surface area contributed by atoms with E-state index in [2.05, 4.69) is 4.98 Å². The summed E-state index contributed by atoms with van der Waals surface area (Å²) in [7, 11) is 0. The SMILES string of the molecule is CCC[C@@]1(CO)C[C@@H](Cl)[C@@H](n2ccc(=O)[nH]c2=O)O1. The van der Waals surface area contributed by atoms with Crippen molar-refractivity contribution in [1.29, 1.82) is 0 Å². The van der Waals surface area contributed by atoms with Gasteiger partial charge in [0.05, 0.1) is 17.6 Å². The fourth-order valence-electron chi connectivity index (χ4n) is 2.49. The zero-order valence-electron chi connectivity index (χ0n) is 10.6. The molecule has 0 spiro atoms. The van der Waals surface area contributed by atoms with Gasteiger partial charge in [-0.05, 0) is 12.8 Å². The van der Waals surface area contributed by atoms with Crippen molar-refractivity contribution >= 4 is 11.6 Å². The van der Waals surface area contributed by atoms with Gasteiger partial charge in [0.15, 0.2) is 6.23 Å². The van der Waals surface area contributed by atoms with E-state index in [0.717, 1.165) is 6.42 Å². The van der Waals surface area contributed by atoms with Crippen molar-refractivity contribution in [3.8, 4) is 0 Å². The molecule has 1 fully saturated rings. The van der Waals surface area contributed by atoms with Crippen LogP contribution in [0, 0.1) is 0 Å². The molecule has 0 unspecified atom stereocenters. The Balaban J connectivity index is 2.31. The van der Waals surface area contributed by atoms with Crippen molar-refractivity contribution in [2.45, 2.75) is 43.4 Å². The minimum Gasteiger partial charge on any atom is -0.393 e. The quantitative estimate of drug-likeness (QED) is 0.795. The maximum Gasteiger partial charge on any atom is 0.330 e. The summed E-state index contributed by atoms with van der Waals surface area (Å²) in [4.78, 5) is 24.9. The lowest BCUT2D eigenvalue weighted by Gasteiger charge is -2.26. The van der Waals surface area contributed by atoms with Gasteiger partial charge in [-0.3, -0.25) is 14.3 Å². The maximum absolute atomic E-state index is 11.7. The molecule has 1 aliphatic heterocycles. The predicted molar refractivity (Wildman–Crippen MR) is 70.4 cm³/mol. The van der Waals surface area contributed by atoms with Crippen molar-refractivity contribution < 1.29 is 9.84 Å². The van der Waals surface area contributed by atoms with Crippen LogP contribution in [0.15, 0.2) is 21.9 Å². The molecule has 2 N–H and O–H groups in total. The van der Waals surface area contributed by atoms with Crippen LogP contribution >= 0.6 is 11.6 Å². The van der Waals surface area contributed by atoms with Crippen molar-refractivity contribution in [2.75, 3.05) is 6.61 Å². The van der Waals surface area contributed by atoms with Gasteiger partial charge >= 0.3 is 5.69 Å². The van der Waals surface area contributed by atoms with Gasteiger partial charge in [0, 0.05) is 12.3 Å². The summed E-state index contributed by atoms with van der Waals surface area (Å²) in [5.41, 5.74) is -1.73. The first-order valence-electron chi connectivity index (χ1n) is 6.25. The lowest BCUT2D eigenvalue weighted by atomic mass is 9.95. The van der Waals surface area contributed by atoms with Gasteiger partial charge in [-0.15, -0.1) is 11.6 Å². The molecule has 1 aromatic rings. The van der Waals surface area contributed by atoms with E-state index in [0.29, 0.717) is 12.8 Å². The molecule has 1 aromatic heterocycles. The van der Waals surface area contributed by atoms with Gasteiger partial charge < -0.3 is 9.84 Å². The molecule has 3 atom stereocenters. The Labute approximate surface area is 115 Å². The van der Waals surface area contributed by atoms with Crippen molar-refractivity contribution in [2.24, 2.45) is 0 Å². The van der Waals surface area contributed by atoms with Crippen molar-refractivity contribution in [3.05, 3.63) is 33.1 Å². The number of nitrogens with one attached hydrogen (secondary N) is 1. The second kappa shape index (κ2) is 5.48. The molecule has 0 bridgehead atoms. The summed E-state index contributed by atoms with van der Waals surface area (Å²) in [6.45, 7) is 1.85. The van der Waals surface area contributed by atoms with Gasteiger partial charge in [-0.25, -0.2) is 4.79 Å². The molecule has 1 saturated heterocycles. The number of nitrogens with zero attached hydrogens (tertiary/aromatic N) is 1. The normalized spacial score (nSPS) is 30.7. The van der Waals surface area contributed by atoms with Crippen molar-refractivity contribution in [3.63, 3.8) is 0 Å². The zero-order valence-corrected chi connectivity index (χ0v) is 11.4. The van der Waals surface area contributed by atoms with Crippen LogP contribution in [-0.4, -0.2) is 32.2 Å². The molecular weight excluding hydrogens is 272 g/mol. The summed E-state index contributed by atoms with van der Waals surface area (Å²) < 4.78 is 7.07. The topological polar surface area (TPSA) is 84.3 Å². The van der Waals surface area contributed by atoms with Crippen LogP contribution in [-0.2, 0) is 4.74 Å². The van der Waals surface area contributed by atoms with E-state index in [-0.39, 0.29) is 6.61 Å². The minimum atomic E-state index is -0.707. The van der Waals surface area contributed by atoms with Crippen LogP contribution < -0.4 is 11.2 Å². The highest BCUT2D eigenvalue weighted by atomic mass is 35.5. The highest BCUT2D eigenvalue weighted by Gasteiger charge is 2.46. The molecule has 2 heterocycles. The second-order valence-electron chi connectivity index (χ2n) is 4.84. The molecule has 6 nitrogen and oxygen atoms in total. The Morgan fingerprint density at radius 3 is 2.95 bits per heavy atom. The fourth-order valence-corrected chi connectivity index (χ4v) is 2.94. The predicted octanol–water partition coefficient (Wildman–Crippen LogP) is 0.594. The molecule has 0 saturated carbocycles. The summed E-state index contributed by atoms with van der Waals surface area (Å²) in [5.74, 6) is 0. The van der Waals surface area contributed by atoms with Gasteiger partial charge in [0.25, 0.3) is 5.56 Å². The number of H-pyrrole nitrogens is 1. The second-order valence-corrected chi connectivity index (χ2v) is 5.40. The van der Waals surface area contributed by atoms with Crippen LogP contribution in [0.25, 0.3) is 0 Å². The molecule has 0 aromatic carbocycles. The molecule has 7 heteroatoms. The average molecular weight is 289 g/mol. The lowest BCUT2D eigenvalue weighted by molar-refractivity contribution is -0.103. The molecule has 1 aliphatic rings. The Morgan fingerprint density at radius 1 is 1.63 bits per heavy atom. The summed E-state index contributed by atoms with van der Waals surface area (Å²) in [6, 6.07) is 1.24. The standard InChI is InChI=1S/C12H17ClN2O4/c1-2-4-12(7-16)6-8(13)10(19-12)15-5-3-9(17)14-11(15)18/h3,5,8,10,16H,2,4,6-7H2,1H3,(H,14,17,18)/t8-,10+,12+/m1/s1. The number of aliphatic hydroxyl groups excluding tert-OH is 1. The molecule has 0 aliphatic carbocycles. The Hall–Kier alpha value is -1.11. The third kappa shape index (κ3) is 2.75. The van der Waals surface area contributed by atoms with Gasteiger partial charge in [-0.2, -0.15) is 0 Å². The van der Waals surface area contributed by atoms with Crippen LogP contribution in [0.5, 0.6) is 0 Å². The van der Waals surface area contributed by atoms with E-state index >= 15 is 0 Å². The highest BCUT2D eigenvalue weighted by Crippen LogP contribution is 2.41. The third-order valence-electron chi connectivity index (χ3n) is 3.37. The van der Waals surface area contributed by atoms with Crippen LogP contribution in [0.4, 0.5) is 0 Å². The Morgan fingerprint density at radius 2 is 2.37 bits per heavy atom. The average Bonchev–Trinajstić information content (AvgIpc) is 2.68. The number of rotatable bonds is 4. The number of aromatic nitrogens is 2. The molecule has 19 heavy (non-hydrogen) atoms. The van der Waals surface area contributed by atoms with Gasteiger partial charge in [0.2, 0.25) is 0 Å². The molecule has 0 radical (unpaired) electrons. The van der Waals surface area contributed by atoms with Crippen molar-refractivity contribution in [1.82, 2.24) is 9.55 Å². The zero-order chi connectivity index (χ0) is 14.0. The van der Waals surface area contributed by atoms with Crippen LogP contribution in [0.1, 0.15) is 32.4 Å². The number of ether oxygens (including phenoxy) is 1. The van der Waals surface area contributed by atoms with E-state index < -0.39 is 28.5 Å². The summed E-state index contributed by atoms with van der Waals surface area (Å²) in [6.07, 6.45) is 2.67. The van der Waals surface area contributed by atoms with Crippen LogP contribution in [0.3, 0.4) is 0 Å². The molecular formula is C12H17ClN2O4. The number of alkyl halides is 1. The first kappa shape index (κ1) is 14.3. The van der Waals surface area contributed by atoms with Gasteiger partial charge in [-0.1, -0.05) is 13.3 Å². The summed E-state index contributed by atoms with van der Waals surface area (Å²) in [5, 5.41) is 9.09. The molecule has 0 amide bonds. The molecule has 2 rings (SSSR count). The van der Waals surface area contributed by atoms with E-state index in [9.17, 15) is 14.7 Å². The van der Waals surface area contributed by atoms with E-state index in [1.54, 1.807) is 0 Å². The summed E-state index contributed by atoms with van der Waals surface area (Å²) >= 11 is 6.24. The Kier molecular flexibility index (Phi) is 4.13. The van der Waals surface area contributed by atoms with E-state index in [1.165, 1.54) is 16.8 Å². The number of halogens is 1. The number of hydrogen-bond donors (Lipinski definition) is 2. The first-order valence-corrected chi connectivity index (χ1v) is 6.69. The van der Waals surface area contributed by atoms with Crippen LogP contribution in [0.2, 0.25) is 0 Å². The lowest BCUT2D eigenvalue weighted by Crippen LogP contribution is -2.36. The maximum atomic E-state index is 11.7. The number of aliphatic hydroxyl groups is 1. The number of hydrogen-bond acceptors (Lipinski definition) is 4. The monoisotopic (exact) mass is 288 g/mol. The minimum absolute atomic E-state index is 0.140.